The lowest BCUT2D eigenvalue weighted by Gasteiger charge is -2.07. The predicted octanol–water partition coefficient (Wildman–Crippen LogP) is 2.39. The van der Waals surface area contributed by atoms with E-state index in [4.69, 9.17) is 16.7 Å². The molecule has 1 rings (SSSR count). The number of rotatable bonds is 3. The van der Waals surface area contributed by atoms with E-state index in [1.54, 1.807) is 0 Å². The third kappa shape index (κ3) is 2.16. The monoisotopic (exact) mass is 225 g/mol. The van der Waals surface area contributed by atoms with E-state index in [0.29, 0.717) is 0 Å². The zero-order valence-corrected chi connectivity index (χ0v) is 7.73. The topological polar surface area (TPSA) is 33.1 Å². The van der Waals surface area contributed by atoms with Crippen molar-refractivity contribution in [2.75, 3.05) is 0 Å². The van der Waals surface area contributed by atoms with E-state index in [1.807, 2.05) is 0 Å². The van der Waals surface area contributed by atoms with Crippen LogP contribution in [-0.2, 0) is 12.5 Å². The van der Waals surface area contributed by atoms with Crippen molar-refractivity contribution in [3.8, 4) is 0 Å². The van der Waals surface area contributed by atoms with Crippen LogP contribution in [0.2, 0.25) is 0 Å². The highest BCUT2D eigenvalue weighted by atomic mass is 35.5. The standard InChI is InChI=1S/C8H7ClF3NO/c9-2-4-1-5(7(10)11)6(3-14)13-8(4)12/h1,7,14H,2-3H2. The maximum atomic E-state index is 12.9. The van der Waals surface area contributed by atoms with Gasteiger partial charge in [0.05, 0.1) is 18.2 Å². The van der Waals surface area contributed by atoms with E-state index in [1.165, 1.54) is 0 Å². The Morgan fingerprint density at radius 2 is 2.14 bits per heavy atom. The minimum atomic E-state index is -2.80. The second-order valence-corrected chi connectivity index (χ2v) is 2.83. The predicted molar refractivity (Wildman–Crippen MR) is 44.6 cm³/mol. The molecule has 0 atom stereocenters. The van der Waals surface area contributed by atoms with Gasteiger partial charge in [-0.1, -0.05) is 0 Å². The number of hydrogen-bond acceptors (Lipinski definition) is 2. The van der Waals surface area contributed by atoms with Gasteiger partial charge in [0, 0.05) is 11.1 Å². The summed E-state index contributed by atoms with van der Waals surface area (Å²) in [5.74, 6) is -1.15. The van der Waals surface area contributed by atoms with Gasteiger partial charge in [-0.15, -0.1) is 11.6 Å². The van der Waals surface area contributed by atoms with Gasteiger partial charge in [-0.25, -0.2) is 13.8 Å². The average Bonchev–Trinajstić information content (AvgIpc) is 2.16. The van der Waals surface area contributed by atoms with Crippen molar-refractivity contribution in [2.24, 2.45) is 0 Å². The molecule has 0 aliphatic rings. The molecule has 14 heavy (non-hydrogen) atoms. The van der Waals surface area contributed by atoms with Gasteiger partial charge in [0.2, 0.25) is 5.95 Å². The van der Waals surface area contributed by atoms with Crippen molar-refractivity contribution < 1.29 is 18.3 Å². The molecule has 0 radical (unpaired) electrons. The van der Waals surface area contributed by atoms with E-state index < -0.39 is 24.5 Å². The van der Waals surface area contributed by atoms with Gasteiger partial charge in [0.1, 0.15) is 0 Å². The third-order valence-corrected chi connectivity index (χ3v) is 1.98. The van der Waals surface area contributed by atoms with Crippen molar-refractivity contribution >= 4 is 11.6 Å². The summed E-state index contributed by atoms with van der Waals surface area (Å²) < 4.78 is 37.6. The molecule has 2 nitrogen and oxygen atoms in total. The van der Waals surface area contributed by atoms with Crippen LogP contribution >= 0.6 is 11.6 Å². The molecule has 0 spiro atoms. The molecule has 1 aromatic rings. The molecule has 0 fully saturated rings. The number of aromatic nitrogens is 1. The van der Waals surface area contributed by atoms with Crippen molar-refractivity contribution in [3.05, 3.63) is 28.8 Å². The fourth-order valence-corrected chi connectivity index (χ4v) is 1.18. The summed E-state index contributed by atoms with van der Waals surface area (Å²) in [6.07, 6.45) is -2.80. The molecular formula is C8H7ClF3NO. The fourth-order valence-electron chi connectivity index (χ4n) is 0.995. The van der Waals surface area contributed by atoms with E-state index >= 15 is 0 Å². The van der Waals surface area contributed by atoms with E-state index in [9.17, 15) is 13.2 Å². The van der Waals surface area contributed by atoms with Crippen molar-refractivity contribution in [1.82, 2.24) is 4.98 Å². The summed E-state index contributed by atoms with van der Waals surface area (Å²) in [5, 5.41) is 8.66. The van der Waals surface area contributed by atoms with Crippen LogP contribution in [0.3, 0.4) is 0 Å². The Morgan fingerprint density at radius 3 is 2.57 bits per heavy atom. The molecule has 0 aliphatic carbocycles. The highest BCUT2D eigenvalue weighted by Gasteiger charge is 2.17. The summed E-state index contributed by atoms with van der Waals surface area (Å²) in [7, 11) is 0. The lowest BCUT2D eigenvalue weighted by Crippen LogP contribution is -2.04. The normalized spacial score (nSPS) is 11.0. The number of aliphatic hydroxyl groups excluding tert-OH is 1. The fraction of sp³-hybridized carbons (Fsp3) is 0.375. The Hall–Kier alpha value is -0.810. The number of alkyl halides is 3. The van der Waals surface area contributed by atoms with Crippen LogP contribution < -0.4 is 0 Å². The van der Waals surface area contributed by atoms with Crippen LogP contribution in [0, 0.1) is 5.95 Å². The average molecular weight is 226 g/mol. The first kappa shape index (κ1) is 11.3. The molecule has 0 unspecified atom stereocenters. The smallest absolute Gasteiger partial charge is 0.265 e. The van der Waals surface area contributed by atoms with Gasteiger partial charge in [-0.3, -0.25) is 0 Å². The second kappa shape index (κ2) is 4.61. The van der Waals surface area contributed by atoms with Crippen molar-refractivity contribution in [1.29, 1.82) is 0 Å². The highest BCUT2D eigenvalue weighted by Crippen LogP contribution is 2.24. The van der Waals surface area contributed by atoms with Crippen molar-refractivity contribution in [2.45, 2.75) is 18.9 Å². The van der Waals surface area contributed by atoms with E-state index in [0.717, 1.165) is 6.07 Å². The molecule has 1 aromatic heterocycles. The van der Waals surface area contributed by atoms with Crippen LogP contribution in [0.5, 0.6) is 0 Å². The van der Waals surface area contributed by atoms with Crippen LogP contribution in [0.15, 0.2) is 6.07 Å². The molecule has 0 saturated carbocycles. The molecule has 1 N–H and O–H groups in total. The Bertz CT molecular complexity index is 333. The molecule has 78 valence electrons. The number of nitrogens with zero attached hydrogens (tertiary/aromatic N) is 1. The molecular weight excluding hydrogens is 219 g/mol. The molecule has 0 bridgehead atoms. The Labute approximate surface area is 83.3 Å². The van der Waals surface area contributed by atoms with Gasteiger partial charge >= 0.3 is 0 Å². The lowest BCUT2D eigenvalue weighted by molar-refractivity contribution is 0.145. The van der Waals surface area contributed by atoms with Crippen LogP contribution in [0.1, 0.15) is 23.2 Å². The summed E-state index contributed by atoms with van der Waals surface area (Å²) in [5.41, 5.74) is -0.935. The Balaban J connectivity index is 3.25. The number of halogens is 4. The highest BCUT2D eigenvalue weighted by molar-refractivity contribution is 6.17. The van der Waals surface area contributed by atoms with Gasteiger partial charge in [0.15, 0.2) is 0 Å². The molecule has 0 aromatic carbocycles. The number of pyridine rings is 1. The Morgan fingerprint density at radius 1 is 1.50 bits per heavy atom. The molecule has 6 heteroatoms. The second-order valence-electron chi connectivity index (χ2n) is 2.57. The SMILES string of the molecule is OCc1nc(F)c(CCl)cc1C(F)F. The minimum absolute atomic E-state index is 0.0980. The van der Waals surface area contributed by atoms with Crippen molar-refractivity contribution in [3.63, 3.8) is 0 Å². The first-order valence-corrected chi connectivity index (χ1v) is 4.26. The number of aliphatic hydroxyl groups is 1. The quantitative estimate of drug-likeness (QED) is 0.633. The maximum Gasteiger partial charge on any atom is 0.265 e. The third-order valence-electron chi connectivity index (χ3n) is 1.69. The largest absolute Gasteiger partial charge is 0.390 e. The van der Waals surface area contributed by atoms with Crippen LogP contribution in [-0.4, -0.2) is 10.1 Å². The van der Waals surface area contributed by atoms with Gasteiger partial charge in [-0.2, -0.15) is 4.39 Å². The zero-order valence-electron chi connectivity index (χ0n) is 6.98. The summed E-state index contributed by atoms with van der Waals surface area (Å²) in [4.78, 5) is 3.20. The summed E-state index contributed by atoms with van der Waals surface area (Å²) in [6, 6.07) is 0.922. The first-order valence-electron chi connectivity index (χ1n) is 3.73. The lowest BCUT2D eigenvalue weighted by atomic mass is 10.1. The van der Waals surface area contributed by atoms with Gasteiger partial charge in [-0.05, 0) is 6.07 Å². The minimum Gasteiger partial charge on any atom is -0.390 e. The summed E-state index contributed by atoms with van der Waals surface area (Å²) >= 11 is 5.32. The molecule has 0 aliphatic heterocycles. The van der Waals surface area contributed by atoms with Crippen LogP contribution in [0.25, 0.3) is 0 Å². The Kier molecular flexibility index (Phi) is 3.71. The van der Waals surface area contributed by atoms with Gasteiger partial charge in [0.25, 0.3) is 6.43 Å². The zero-order chi connectivity index (χ0) is 10.7. The number of hydrogen-bond donors (Lipinski definition) is 1. The van der Waals surface area contributed by atoms with Crippen LogP contribution in [0.4, 0.5) is 13.2 Å². The molecule has 1 heterocycles. The maximum absolute atomic E-state index is 12.9. The first-order chi connectivity index (χ1) is 6.60. The molecule has 0 amide bonds. The van der Waals surface area contributed by atoms with Gasteiger partial charge < -0.3 is 5.11 Å². The van der Waals surface area contributed by atoms with E-state index in [-0.39, 0.29) is 17.1 Å². The summed E-state index contributed by atoms with van der Waals surface area (Å²) in [6.45, 7) is -0.723. The van der Waals surface area contributed by atoms with E-state index in [2.05, 4.69) is 4.98 Å². The molecule has 0 saturated heterocycles.